The van der Waals surface area contributed by atoms with Crippen LogP contribution in [0.4, 0.5) is 0 Å². The summed E-state index contributed by atoms with van der Waals surface area (Å²) < 4.78 is 0. The van der Waals surface area contributed by atoms with E-state index in [1.165, 1.54) is 5.56 Å². The predicted molar refractivity (Wildman–Crippen MR) is 101 cm³/mol. The molecule has 26 heavy (non-hydrogen) atoms. The minimum atomic E-state index is -1.12. The molecule has 2 aromatic carbocycles. The number of hydrogen-bond donors (Lipinski definition) is 2. The molecule has 1 unspecified atom stereocenters. The largest absolute Gasteiger partial charge is 0.481 e. The second-order valence-corrected chi connectivity index (χ2v) is 7.43. The molecule has 0 radical (unpaired) electrons. The SMILES string of the molecule is CC(CNC(=O)CC1CC(c2ccccc2)C1)(C(=O)O)c1ccccc1. The van der Waals surface area contributed by atoms with Gasteiger partial charge in [0.05, 0.1) is 0 Å². The Bertz CT molecular complexity index is 753. The maximum Gasteiger partial charge on any atom is 0.315 e. The van der Waals surface area contributed by atoms with Crippen molar-refractivity contribution >= 4 is 11.9 Å². The number of amides is 1. The Hall–Kier alpha value is -2.62. The van der Waals surface area contributed by atoms with Gasteiger partial charge in [0.2, 0.25) is 5.91 Å². The summed E-state index contributed by atoms with van der Waals surface area (Å²) in [4.78, 5) is 24.1. The molecule has 3 rings (SSSR count). The fraction of sp³-hybridized carbons (Fsp3) is 0.364. The quantitative estimate of drug-likeness (QED) is 0.799. The molecule has 0 aliphatic heterocycles. The van der Waals surface area contributed by atoms with E-state index in [9.17, 15) is 14.7 Å². The molecule has 0 spiro atoms. The highest BCUT2D eigenvalue weighted by atomic mass is 16.4. The summed E-state index contributed by atoms with van der Waals surface area (Å²) in [6.07, 6.45) is 2.51. The van der Waals surface area contributed by atoms with Crippen LogP contribution in [0.15, 0.2) is 60.7 Å². The Labute approximate surface area is 154 Å². The Balaban J connectivity index is 1.50. The van der Waals surface area contributed by atoms with E-state index in [0.717, 1.165) is 12.8 Å². The van der Waals surface area contributed by atoms with Crippen molar-refractivity contribution in [3.05, 3.63) is 71.8 Å². The van der Waals surface area contributed by atoms with Crippen molar-refractivity contribution in [1.82, 2.24) is 5.32 Å². The molecular weight excluding hydrogens is 326 g/mol. The fourth-order valence-corrected chi connectivity index (χ4v) is 3.62. The number of hydrogen-bond acceptors (Lipinski definition) is 2. The molecule has 0 saturated heterocycles. The molecule has 136 valence electrons. The van der Waals surface area contributed by atoms with E-state index in [-0.39, 0.29) is 12.5 Å². The molecule has 4 heteroatoms. The minimum Gasteiger partial charge on any atom is -0.481 e. The number of benzene rings is 2. The summed E-state index contributed by atoms with van der Waals surface area (Å²) >= 11 is 0. The molecule has 2 aromatic rings. The number of carboxylic acids is 1. The summed E-state index contributed by atoms with van der Waals surface area (Å²) in [6.45, 7) is 1.75. The molecule has 0 bridgehead atoms. The highest BCUT2D eigenvalue weighted by molar-refractivity contribution is 5.83. The zero-order chi connectivity index (χ0) is 18.6. The topological polar surface area (TPSA) is 66.4 Å². The Morgan fingerprint density at radius 3 is 2.19 bits per heavy atom. The van der Waals surface area contributed by atoms with Crippen molar-refractivity contribution in [3.8, 4) is 0 Å². The number of nitrogens with one attached hydrogen (secondary N) is 1. The number of carbonyl (C=O) groups is 2. The molecule has 1 fully saturated rings. The van der Waals surface area contributed by atoms with Gasteiger partial charge in [0.25, 0.3) is 0 Å². The van der Waals surface area contributed by atoms with Crippen molar-refractivity contribution in [3.63, 3.8) is 0 Å². The Morgan fingerprint density at radius 1 is 1.04 bits per heavy atom. The average molecular weight is 351 g/mol. The van der Waals surface area contributed by atoms with Crippen LogP contribution in [0.3, 0.4) is 0 Å². The summed E-state index contributed by atoms with van der Waals surface area (Å²) in [5.74, 6) is -0.0719. The van der Waals surface area contributed by atoms with Crippen LogP contribution in [0.25, 0.3) is 0 Å². The maximum atomic E-state index is 12.3. The molecule has 2 N–H and O–H groups in total. The average Bonchev–Trinajstić information content (AvgIpc) is 2.63. The van der Waals surface area contributed by atoms with Gasteiger partial charge in [-0.3, -0.25) is 9.59 Å². The zero-order valence-electron chi connectivity index (χ0n) is 15.0. The lowest BCUT2D eigenvalue weighted by molar-refractivity contribution is -0.143. The van der Waals surface area contributed by atoms with Crippen LogP contribution in [0.1, 0.15) is 43.2 Å². The molecule has 4 nitrogen and oxygen atoms in total. The third kappa shape index (κ3) is 3.96. The standard InChI is InChI=1S/C22H25NO3/c1-22(21(25)26,19-10-6-3-7-11-19)15-23-20(24)14-16-12-18(13-16)17-8-4-2-5-9-17/h2-11,16,18H,12-15H2,1H3,(H,23,24)(H,25,26). The van der Waals surface area contributed by atoms with E-state index in [4.69, 9.17) is 0 Å². The molecule has 1 atom stereocenters. The van der Waals surface area contributed by atoms with Crippen LogP contribution in [-0.2, 0) is 15.0 Å². The van der Waals surface area contributed by atoms with Crippen LogP contribution in [0.2, 0.25) is 0 Å². The number of carboxylic acid groups (broad SMARTS) is 1. The highest BCUT2D eigenvalue weighted by Gasteiger charge is 2.36. The second-order valence-electron chi connectivity index (χ2n) is 7.43. The van der Waals surface area contributed by atoms with Gasteiger partial charge in [-0.25, -0.2) is 0 Å². The third-order valence-electron chi connectivity index (χ3n) is 5.50. The van der Waals surface area contributed by atoms with Crippen LogP contribution < -0.4 is 5.32 Å². The van der Waals surface area contributed by atoms with Gasteiger partial charge in [-0.05, 0) is 42.7 Å². The molecule has 1 saturated carbocycles. The summed E-state index contributed by atoms with van der Waals surface area (Å²) in [7, 11) is 0. The van der Waals surface area contributed by atoms with Gasteiger partial charge in [0, 0.05) is 13.0 Å². The first-order chi connectivity index (χ1) is 12.5. The maximum absolute atomic E-state index is 12.3. The second kappa shape index (κ2) is 7.73. The Kier molecular flexibility index (Phi) is 5.40. The Morgan fingerprint density at radius 2 is 1.62 bits per heavy atom. The summed E-state index contributed by atoms with van der Waals surface area (Å²) in [6, 6.07) is 19.4. The van der Waals surface area contributed by atoms with Crippen molar-refractivity contribution < 1.29 is 14.7 Å². The van der Waals surface area contributed by atoms with Crippen molar-refractivity contribution in [2.45, 2.75) is 37.5 Å². The molecule has 1 aliphatic rings. The van der Waals surface area contributed by atoms with Crippen LogP contribution in [0.5, 0.6) is 0 Å². The van der Waals surface area contributed by atoms with Crippen LogP contribution in [0, 0.1) is 5.92 Å². The van der Waals surface area contributed by atoms with E-state index in [0.29, 0.717) is 23.8 Å². The fourth-order valence-electron chi connectivity index (χ4n) is 3.62. The van der Waals surface area contributed by atoms with Gasteiger partial charge >= 0.3 is 5.97 Å². The van der Waals surface area contributed by atoms with E-state index in [2.05, 4.69) is 17.4 Å². The summed E-state index contributed by atoms with van der Waals surface area (Å²) in [5, 5.41) is 12.5. The van der Waals surface area contributed by atoms with Crippen LogP contribution >= 0.6 is 0 Å². The lowest BCUT2D eigenvalue weighted by atomic mass is 9.70. The van der Waals surface area contributed by atoms with Gasteiger partial charge in [0.1, 0.15) is 5.41 Å². The summed E-state index contributed by atoms with van der Waals surface area (Å²) in [5.41, 5.74) is 0.913. The first kappa shape index (κ1) is 18.2. The smallest absolute Gasteiger partial charge is 0.315 e. The van der Waals surface area contributed by atoms with Gasteiger partial charge in [-0.15, -0.1) is 0 Å². The molecule has 1 amide bonds. The van der Waals surface area contributed by atoms with Crippen molar-refractivity contribution in [1.29, 1.82) is 0 Å². The first-order valence-electron chi connectivity index (χ1n) is 9.09. The minimum absolute atomic E-state index is 0.0649. The van der Waals surface area contributed by atoms with Gasteiger partial charge in [-0.2, -0.15) is 0 Å². The molecule has 1 aliphatic carbocycles. The van der Waals surface area contributed by atoms with E-state index < -0.39 is 11.4 Å². The monoisotopic (exact) mass is 351 g/mol. The zero-order valence-corrected chi connectivity index (χ0v) is 15.0. The number of rotatable bonds is 7. The van der Waals surface area contributed by atoms with Crippen molar-refractivity contribution in [2.24, 2.45) is 5.92 Å². The number of carbonyl (C=O) groups excluding carboxylic acids is 1. The van der Waals surface area contributed by atoms with E-state index in [1.54, 1.807) is 19.1 Å². The van der Waals surface area contributed by atoms with E-state index in [1.807, 2.05) is 36.4 Å². The van der Waals surface area contributed by atoms with Gasteiger partial charge < -0.3 is 10.4 Å². The van der Waals surface area contributed by atoms with E-state index >= 15 is 0 Å². The molecular formula is C22H25NO3. The van der Waals surface area contributed by atoms with Crippen molar-refractivity contribution in [2.75, 3.05) is 6.54 Å². The normalized spacial score (nSPS) is 21.3. The molecule has 0 heterocycles. The highest BCUT2D eigenvalue weighted by Crippen LogP contribution is 2.43. The first-order valence-corrected chi connectivity index (χ1v) is 9.09. The van der Waals surface area contributed by atoms with Gasteiger partial charge in [-0.1, -0.05) is 60.7 Å². The molecule has 0 aromatic heterocycles. The van der Waals surface area contributed by atoms with Gasteiger partial charge in [0.15, 0.2) is 0 Å². The lowest BCUT2D eigenvalue weighted by Crippen LogP contribution is -2.45. The number of aliphatic carboxylic acids is 1. The predicted octanol–water partition coefficient (Wildman–Crippen LogP) is 3.73. The third-order valence-corrected chi connectivity index (χ3v) is 5.50. The van der Waals surface area contributed by atoms with Crippen LogP contribution in [-0.4, -0.2) is 23.5 Å². The lowest BCUT2D eigenvalue weighted by Gasteiger charge is -2.35.